The fourth-order valence-corrected chi connectivity index (χ4v) is 3.71. The van der Waals surface area contributed by atoms with Crippen molar-refractivity contribution >= 4 is 35.2 Å². The van der Waals surface area contributed by atoms with Gasteiger partial charge in [0.05, 0.1) is 5.75 Å². The lowest BCUT2D eigenvalue weighted by Crippen LogP contribution is -2.52. The van der Waals surface area contributed by atoms with E-state index in [1.165, 1.54) is 17.3 Å². The number of hydrogen-bond donors (Lipinski definition) is 1. The quantitative estimate of drug-likeness (QED) is 0.621. The van der Waals surface area contributed by atoms with Gasteiger partial charge in [0.2, 0.25) is 11.8 Å². The molecule has 0 aliphatic carbocycles. The summed E-state index contributed by atoms with van der Waals surface area (Å²) in [6.45, 7) is 9.83. The number of nitrogens with one attached hydrogen (secondary N) is 1. The van der Waals surface area contributed by atoms with Crippen LogP contribution in [-0.4, -0.2) is 34.0 Å². The Kier molecular flexibility index (Phi) is 8.17. The highest BCUT2D eigenvalue weighted by molar-refractivity contribution is 8.00. The molecular weight excluding hydrogens is 404 g/mol. The third-order valence-electron chi connectivity index (χ3n) is 4.35. The number of carbonyl (C=O) groups excluding carboxylic acids is 2. The van der Waals surface area contributed by atoms with Gasteiger partial charge in [-0.25, -0.2) is 0 Å². The largest absolute Gasteiger partial charge is 0.350 e. The van der Waals surface area contributed by atoms with Crippen LogP contribution in [-0.2, 0) is 16.1 Å². The van der Waals surface area contributed by atoms with Gasteiger partial charge in [-0.15, -0.1) is 11.8 Å². The van der Waals surface area contributed by atoms with E-state index < -0.39 is 6.04 Å². The molecule has 0 aliphatic heterocycles. The predicted octanol–water partition coefficient (Wildman–Crippen LogP) is 5.07. The first-order valence-electron chi connectivity index (χ1n) is 9.61. The molecule has 0 aromatic heterocycles. The molecule has 0 spiro atoms. The number of nitrogens with zero attached hydrogens (tertiary/aromatic N) is 1. The molecule has 0 saturated carbocycles. The third-order valence-corrected chi connectivity index (χ3v) is 5.71. The van der Waals surface area contributed by atoms with E-state index >= 15 is 0 Å². The van der Waals surface area contributed by atoms with Gasteiger partial charge < -0.3 is 10.2 Å². The van der Waals surface area contributed by atoms with Gasteiger partial charge in [0.1, 0.15) is 6.04 Å². The van der Waals surface area contributed by atoms with E-state index in [9.17, 15) is 9.59 Å². The molecule has 29 heavy (non-hydrogen) atoms. The summed E-state index contributed by atoms with van der Waals surface area (Å²) in [5, 5.41) is 3.55. The number of rotatable bonds is 7. The highest BCUT2D eigenvalue weighted by Gasteiger charge is 2.28. The summed E-state index contributed by atoms with van der Waals surface area (Å²) in [6.07, 6.45) is 0. The van der Waals surface area contributed by atoms with Crippen LogP contribution in [0.2, 0.25) is 5.02 Å². The minimum atomic E-state index is -0.614. The average molecular weight is 433 g/mol. The normalized spacial score (nSPS) is 12.3. The lowest BCUT2D eigenvalue weighted by molar-refractivity contribution is -0.139. The van der Waals surface area contributed by atoms with Gasteiger partial charge in [0.15, 0.2) is 0 Å². The molecule has 1 unspecified atom stereocenters. The molecule has 6 heteroatoms. The van der Waals surface area contributed by atoms with Gasteiger partial charge in [0.25, 0.3) is 0 Å². The first-order valence-corrected chi connectivity index (χ1v) is 11.0. The molecule has 0 aliphatic rings. The Hall–Kier alpha value is -1.98. The third kappa shape index (κ3) is 7.41. The first kappa shape index (κ1) is 23.3. The lowest BCUT2D eigenvalue weighted by Gasteiger charge is -2.31. The van der Waals surface area contributed by atoms with Crippen molar-refractivity contribution in [2.75, 3.05) is 5.75 Å². The molecule has 0 heterocycles. The fraction of sp³-hybridized carbons (Fsp3) is 0.391. The van der Waals surface area contributed by atoms with Crippen molar-refractivity contribution < 1.29 is 9.59 Å². The second-order valence-electron chi connectivity index (χ2n) is 8.13. The zero-order valence-corrected chi connectivity index (χ0v) is 19.2. The Bertz CT molecular complexity index is 847. The zero-order chi connectivity index (χ0) is 21.6. The van der Waals surface area contributed by atoms with Crippen LogP contribution in [0.25, 0.3) is 0 Å². The second-order valence-corrected chi connectivity index (χ2v) is 9.59. The lowest BCUT2D eigenvalue weighted by atomic mass is 10.1. The van der Waals surface area contributed by atoms with Crippen LogP contribution < -0.4 is 5.32 Å². The van der Waals surface area contributed by atoms with E-state index in [2.05, 4.69) is 5.32 Å². The molecule has 2 rings (SSSR count). The molecule has 1 N–H and O–H groups in total. The van der Waals surface area contributed by atoms with Crippen molar-refractivity contribution in [1.29, 1.82) is 0 Å². The molecule has 0 bridgehead atoms. The number of aryl methyl sites for hydroxylation is 1. The number of hydrogen-bond acceptors (Lipinski definition) is 3. The predicted molar refractivity (Wildman–Crippen MR) is 121 cm³/mol. The van der Waals surface area contributed by atoms with Crippen molar-refractivity contribution in [2.45, 2.75) is 57.6 Å². The van der Waals surface area contributed by atoms with Crippen molar-refractivity contribution in [2.24, 2.45) is 0 Å². The van der Waals surface area contributed by atoms with Crippen LogP contribution in [0.4, 0.5) is 0 Å². The van der Waals surface area contributed by atoms with Crippen LogP contribution in [0.15, 0.2) is 53.4 Å². The summed E-state index contributed by atoms with van der Waals surface area (Å²) in [4.78, 5) is 28.5. The molecule has 2 amide bonds. The van der Waals surface area contributed by atoms with E-state index in [-0.39, 0.29) is 29.7 Å². The number of benzene rings is 2. The Labute approximate surface area is 183 Å². The molecule has 0 saturated heterocycles. The molecular formula is C23H29ClN2O2S. The smallest absolute Gasteiger partial charge is 0.242 e. The average Bonchev–Trinajstić information content (AvgIpc) is 2.65. The van der Waals surface area contributed by atoms with E-state index in [0.717, 1.165) is 10.5 Å². The fourth-order valence-electron chi connectivity index (χ4n) is 2.73. The number of halogens is 1. The number of amides is 2. The van der Waals surface area contributed by atoms with Gasteiger partial charge in [-0.3, -0.25) is 9.59 Å². The molecule has 156 valence electrons. The van der Waals surface area contributed by atoms with E-state index in [1.54, 1.807) is 17.9 Å². The van der Waals surface area contributed by atoms with Gasteiger partial charge in [-0.1, -0.05) is 47.5 Å². The summed E-state index contributed by atoms with van der Waals surface area (Å²) < 4.78 is 0. The van der Waals surface area contributed by atoms with Crippen LogP contribution in [0.5, 0.6) is 0 Å². The molecule has 4 nitrogen and oxygen atoms in total. The van der Waals surface area contributed by atoms with Crippen molar-refractivity contribution in [3.05, 3.63) is 64.7 Å². The monoisotopic (exact) mass is 432 g/mol. The Morgan fingerprint density at radius 1 is 1.10 bits per heavy atom. The standard InChI is InChI=1S/C23H29ClN2O2S/c1-16-10-12-19(13-11-16)29-15-21(27)26(14-18-8-6-7-9-20(18)24)17(2)22(28)25-23(3,4)5/h6-13,17H,14-15H2,1-5H3,(H,25,28). The Balaban J connectivity index is 2.18. The maximum absolute atomic E-state index is 13.1. The van der Waals surface area contributed by atoms with Gasteiger partial charge in [0, 0.05) is 22.0 Å². The molecule has 2 aromatic carbocycles. The van der Waals surface area contributed by atoms with Crippen molar-refractivity contribution in [3.8, 4) is 0 Å². The molecule has 1 atom stereocenters. The van der Waals surface area contributed by atoms with Crippen LogP contribution in [0, 0.1) is 6.92 Å². The summed E-state index contributed by atoms with van der Waals surface area (Å²) >= 11 is 7.77. The van der Waals surface area contributed by atoms with Crippen molar-refractivity contribution in [1.82, 2.24) is 10.2 Å². The van der Waals surface area contributed by atoms with E-state index in [1.807, 2.05) is 70.2 Å². The summed E-state index contributed by atoms with van der Waals surface area (Å²) in [7, 11) is 0. The summed E-state index contributed by atoms with van der Waals surface area (Å²) in [5.41, 5.74) is 1.62. The van der Waals surface area contributed by atoms with Gasteiger partial charge in [-0.2, -0.15) is 0 Å². The van der Waals surface area contributed by atoms with Gasteiger partial charge in [-0.05, 0) is 58.4 Å². The van der Waals surface area contributed by atoms with E-state index in [4.69, 9.17) is 11.6 Å². The highest BCUT2D eigenvalue weighted by atomic mass is 35.5. The SMILES string of the molecule is Cc1ccc(SCC(=O)N(Cc2ccccc2Cl)C(C)C(=O)NC(C)(C)C)cc1. The first-order chi connectivity index (χ1) is 13.6. The maximum Gasteiger partial charge on any atom is 0.242 e. The van der Waals surface area contributed by atoms with Crippen molar-refractivity contribution in [3.63, 3.8) is 0 Å². The summed E-state index contributed by atoms with van der Waals surface area (Å²) in [5.74, 6) is -0.0361. The highest BCUT2D eigenvalue weighted by Crippen LogP contribution is 2.22. The molecule has 0 fully saturated rings. The zero-order valence-electron chi connectivity index (χ0n) is 17.7. The van der Waals surface area contributed by atoms with Crippen LogP contribution in [0.3, 0.4) is 0 Å². The van der Waals surface area contributed by atoms with Gasteiger partial charge >= 0.3 is 0 Å². The van der Waals surface area contributed by atoms with Crippen LogP contribution in [0.1, 0.15) is 38.8 Å². The summed E-state index contributed by atoms with van der Waals surface area (Å²) in [6, 6.07) is 14.8. The minimum Gasteiger partial charge on any atom is -0.350 e. The Morgan fingerprint density at radius 2 is 1.72 bits per heavy atom. The molecule has 2 aromatic rings. The number of carbonyl (C=O) groups is 2. The maximum atomic E-state index is 13.1. The van der Waals surface area contributed by atoms with Crippen LogP contribution >= 0.6 is 23.4 Å². The molecule has 0 radical (unpaired) electrons. The second kappa shape index (κ2) is 10.2. The Morgan fingerprint density at radius 3 is 2.31 bits per heavy atom. The van der Waals surface area contributed by atoms with E-state index in [0.29, 0.717) is 5.02 Å². The minimum absolute atomic E-state index is 0.105. The topological polar surface area (TPSA) is 49.4 Å². The number of thioether (sulfide) groups is 1.